The molecule has 1 fully saturated rings. The van der Waals surface area contributed by atoms with Crippen LogP contribution >= 0.6 is 11.6 Å². The minimum absolute atomic E-state index is 0.0675. The fraction of sp³-hybridized carbons (Fsp3) is 0. The number of hydrogen-bond acceptors (Lipinski definition) is 4. The fourth-order valence-electron chi connectivity index (χ4n) is 2.83. The van der Waals surface area contributed by atoms with E-state index in [0.717, 1.165) is 5.01 Å². The average Bonchev–Trinajstić information content (AvgIpc) is 3.29. The van der Waals surface area contributed by atoms with E-state index in [1.807, 2.05) is 0 Å². The molecule has 0 unspecified atom stereocenters. The van der Waals surface area contributed by atoms with Crippen LogP contribution < -0.4 is 10.4 Å². The highest BCUT2D eigenvalue weighted by molar-refractivity contribution is 6.32. The second-order valence-electron chi connectivity index (χ2n) is 6.20. The Morgan fingerprint density at radius 2 is 1.69 bits per heavy atom. The van der Waals surface area contributed by atoms with Crippen LogP contribution in [-0.2, 0) is 9.59 Å². The first kappa shape index (κ1) is 18.5. The molecule has 0 bridgehead atoms. The Balaban J connectivity index is 1.58. The van der Waals surface area contributed by atoms with Crippen LogP contribution in [0.4, 0.5) is 5.69 Å². The number of carbonyl (C=O) groups is 3. The summed E-state index contributed by atoms with van der Waals surface area (Å²) in [5.41, 5.74) is 3.75. The van der Waals surface area contributed by atoms with Gasteiger partial charge in [0, 0.05) is 10.6 Å². The largest absolute Gasteiger partial charge is 0.478 e. The standard InChI is InChI=1S/C21H13ClN2O5/c22-14-5-7-15(8-6-14)24-20(26)17(19(25)23-24)11-16-9-10-18(29-16)12-1-3-13(4-2-12)21(27)28/h1-11H,(H,23,25)(H,27,28)/b17-11-. The summed E-state index contributed by atoms with van der Waals surface area (Å²) >= 11 is 5.85. The number of halogens is 1. The number of furan rings is 1. The number of hydrazine groups is 1. The molecule has 0 atom stereocenters. The lowest BCUT2D eigenvalue weighted by atomic mass is 10.1. The number of carbonyl (C=O) groups excluding carboxylic acids is 2. The molecule has 1 aliphatic heterocycles. The molecule has 1 aromatic heterocycles. The molecule has 1 saturated heterocycles. The summed E-state index contributed by atoms with van der Waals surface area (Å²) in [5, 5.41) is 10.6. The van der Waals surface area contributed by atoms with Crippen molar-refractivity contribution in [2.24, 2.45) is 0 Å². The van der Waals surface area contributed by atoms with E-state index in [1.165, 1.54) is 18.2 Å². The Hall–Kier alpha value is -3.84. The summed E-state index contributed by atoms with van der Waals surface area (Å²) in [6.45, 7) is 0. The van der Waals surface area contributed by atoms with Crippen LogP contribution in [0.2, 0.25) is 5.02 Å². The summed E-state index contributed by atoms with van der Waals surface area (Å²) in [6, 6.07) is 16.0. The normalized spacial score (nSPS) is 15.1. The lowest BCUT2D eigenvalue weighted by Crippen LogP contribution is -2.35. The maximum Gasteiger partial charge on any atom is 0.335 e. The Bertz CT molecular complexity index is 1150. The molecule has 1 aliphatic rings. The molecule has 4 rings (SSSR count). The van der Waals surface area contributed by atoms with Crippen molar-refractivity contribution in [1.82, 2.24) is 5.43 Å². The second kappa shape index (κ2) is 7.29. The number of carboxylic acid groups (broad SMARTS) is 1. The molecule has 0 aliphatic carbocycles. The monoisotopic (exact) mass is 408 g/mol. The van der Waals surface area contributed by atoms with Gasteiger partial charge in [-0.25, -0.2) is 9.80 Å². The van der Waals surface area contributed by atoms with E-state index in [2.05, 4.69) is 5.43 Å². The number of carboxylic acids is 1. The molecule has 0 spiro atoms. The third kappa shape index (κ3) is 3.63. The minimum Gasteiger partial charge on any atom is -0.478 e. The van der Waals surface area contributed by atoms with Crippen LogP contribution in [0.25, 0.3) is 17.4 Å². The average molecular weight is 409 g/mol. The van der Waals surface area contributed by atoms with Gasteiger partial charge in [0.1, 0.15) is 17.1 Å². The molecule has 3 aromatic rings. The van der Waals surface area contributed by atoms with Crippen LogP contribution in [0.1, 0.15) is 16.1 Å². The number of benzene rings is 2. The van der Waals surface area contributed by atoms with Gasteiger partial charge in [0.25, 0.3) is 11.8 Å². The maximum absolute atomic E-state index is 12.6. The summed E-state index contributed by atoms with van der Waals surface area (Å²) < 4.78 is 5.69. The van der Waals surface area contributed by atoms with Gasteiger partial charge in [-0.2, -0.15) is 0 Å². The van der Waals surface area contributed by atoms with Crippen molar-refractivity contribution in [2.45, 2.75) is 0 Å². The molecule has 2 heterocycles. The van der Waals surface area contributed by atoms with Crippen LogP contribution in [-0.4, -0.2) is 22.9 Å². The Labute approximate surface area is 169 Å². The van der Waals surface area contributed by atoms with Crippen molar-refractivity contribution in [2.75, 3.05) is 5.01 Å². The Morgan fingerprint density at radius 1 is 1.00 bits per heavy atom. The molecule has 2 aromatic carbocycles. The van der Waals surface area contributed by atoms with Gasteiger partial charge in [0.05, 0.1) is 11.3 Å². The van der Waals surface area contributed by atoms with Crippen molar-refractivity contribution < 1.29 is 23.9 Å². The van der Waals surface area contributed by atoms with Crippen LogP contribution in [0.3, 0.4) is 0 Å². The van der Waals surface area contributed by atoms with Gasteiger partial charge >= 0.3 is 5.97 Å². The lowest BCUT2D eigenvalue weighted by Gasteiger charge is -2.14. The summed E-state index contributed by atoms with van der Waals surface area (Å²) in [4.78, 5) is 35.8. The van der Waals surface area contributed by atoms with Gasteiger partial charge in [-0.3, -0.25) is 15.0 Å². The Kier molecular flexibility index (Phi) is 4.66. The highest BCUT2D eigenvalue weighted by atomic mass is 35.5. The van der Waals surface area contributed by atoms with Crippen LogP contribution in [0.15, 0.2) is 70.7 Å². The van der Waals surface area contributed by atoms with Crippen LogP contribution in [0.5, 0.6) is 0 Å². The number of rotatable bonds is 4. The SMILES string of the molecule is O=C1NN(c2ccc(Cl)cc2)C(=O)/C1=C\c1ccc(-c2ccc(C(=O)O)cc2)o1. The van der Waals surface area contributed by atoms with Crippen molar-refractivity contribution in [1.29, 1.82) is 0 Å². The molecule has 7 nitrogen and oxygen atoms in total. The fourth-order valence-corrected chi connectivity index (χ4v) is 2.96. The predicted octanol–water partition coefficient (Wildman–Crippen LogP) is 3.76. The molecule has 29 heavy (non-hydrogen) atoms. The van der Waals surface area contributed by atoms with Gasteiger partial charge in [-0.05, 0) is 54.6 Å². The summed E-state index contributed by atoms with van der Waals surface area (Å²) in [5.74, 6) is -1.28. The smallest absolute Gasteiger partial charge is 0.335 e. The predicted molar refractivity (Wildman–Crippen MR) is 106 cm³/mol. The molecule has 2 N–H and O–H groups in total. The Morgan fingerprint density at radius 3 is 2.34 bits per heavy atom. The first-order chi connectivity index (χ1) is 13.9. The second-order valence-corrected chi connectivity index (χ2v) is 6.64. The zero-order valence-corrected chi connectivity index (χ0v) is 15.5. The summed E-state index contributed by atoms with van der Waals surface area (Å²) in [6.07, 6.45) is 1.36. The van der Waals surface area contributed by atoms with Gasteiger partial charge < -0.3 is 9.52 Å². The first-order valence-electron chi connectivity index (χ1n) is 8.48. The quantitative estimate of drug-likeness (QED) is 0.505. The van der Waals surface area contributed by atoms with E-state index in [-0.39, 0.29) is 11.1 Å². The highest BCUT2D eigenvalue weighted by Crippen LogP contribution is 2.26. The zero-order valence-electron chi connectivity index (χ0n) is 14.8. The van der Waals surface area contributed by atoms with Gasteiger partial charge in [-0.15, -0.1) is 0 Å². The van der Waals surface area contributed by atoms with Crippen molar-refractivity contribution in [3.05, 3.63) is 82.6 Å². The summed E-state index contributed by atoms with van der Waals surface area (Å²) in [7, 11) is 0. The van der Waals surface area contributed by atoms with E-state index in [1.54, 1.807) is 48.5 Å². The van der Waals surface area contributed by atoms with Crippen molar-refractivity contribution in [3.63, 3.8) is 0 Å². The molecular formula is C21H13ClN2O5. The van der Waals surface area contributed by atoms with E-state index in [0.29, 0.717) is 27.8 Å². The number of hydrogen-bond donors (Lipinski definition) is 2. The molecule has 2 amide bonds. The topological polar surface area (TPSA) is 99.9 Å². The molecule has 144 valence electrons. The number of anilines is 1. The zero-order chi connectivity index (χ0) is 20.5. The minimum atomic E-state index is -1.02. The number of amides is 2. The van der Waals surface area contributed by atoms with Crippen molar-refractivity contribution in [3.8, 4) is 11.3 Å². The van der Waals surface area contributed by atoms with E-state index in [4.69, 9.17) is 21.1 Å². The molecule has 0 radical (unpaired) electrons. The maximum atomic E-state index is 12.6. The molecule has 8 heteroatoms. The van der Waals surface area contributed by atoms with Gasteiger partial charge in [0.2, 0.25) is 0 Å². The number of nitrogens with zero attached hydrogens (tertiary/aromatic N) is 1. The van der Waals surface area contributed by atoms with E-state index in [9.17, 15) is 14.4 Å². The first-order valence-corrected chi connectivity index (χ1v) is 8.86. The van der Waals surface area contributed by atoms with Gasteiger partial charge in [-0.1, -0.05) is 23.7 Å². The third-order valence-electron chi connectivity index (χ3n) is 4.31. The van der Waals surface area contributed by atoms with Gasteiger partial charge in [0.15, 0.2) is 0 Å². The molecular weight excluding hydrogens is 396 g/mol. The number of aromatic carboxylic acids is 1. The molecule has 0 saturated carbocycles. The number of nitrogens with one attached hydrogen (secondary N) is 1. The highest BCUT2D eigenvalue weighted by Gasteiger charge is 2.34. The van der Waals surface area contributed by atoms with Crippen LogP contribution in [0, 0.1) is 0 Å². The van der Waals surface area contributed by atoms with Crippen molar-refractivity contribution >= 4 is 41.1 Å². The third-order valence-corrected chi connectivity index (χ3v) is 4.56. The van der Waals surface area contributed by atoms with E-state index >= 15 is 0 Å². The lowest BCUT2D eigenvalue weighted by molar-refractivity contribution is -0.117. The van der Waals surface area contributed by atoms with E-state index < -0.39 is 17.8 Å².